The Bertz CT molecular complexity index is 214. The first-order chi connectivity index (χ1) is 7.35. The van der Waals surface area contributed by atoms with Crippen LogP contribution in [-0.2, 0) is 4.74 Å². The van der Waals surface area contributed by atoms with E-state index in [1.165, 1.54) is 0 Å². The van der Waals surface area contributed by atoms with Crippen molar-refractivity contribution < 1.29 is 9.84 Å². The first-order valence-corrected chi connectivity index (χ1v) is 6.44. The van der Waals surface area contributed by atoms with Gasteiger partial charge in [0.15, 0.2) is 0 Å². The molecule has 96 valence electrons. The summed E-state index contributed by atoms with van der Waals surface area (Å²) in [6.07, 6.45) is 3.95. The summed E-state index contributed by atoms with van der Waals surface area (Å²) in [5.74, 6) is 0. The van der Waals surface area contributed by atoms with Crippen LogP contribution in [-0.4, -0.2) is 35.5 Å². The Morgan fingerprint density at radius 1 is 1.50 bits per heavy atom. The molecule has 1 aliphatic heterocycles. The zero-order valence-corrected chi connectivity index (χ0v) is 11.2. The maximum absolute atomic E-state index is 10.1. The average molecular weight is 229 g/mol. The van der Waals surface area contributed by atoms with Gasteiger partial charge in [-0.3, -0.25) is 0 Å². The van der Waals surface area contributed by atoms with E-state index in [9.17, 15) is 5.11 Å². The molecule has 3 nitrogen and oxygen atoms in total. The molecule has 1 aliphatic rings. The van der Waals surface area contributed by atoms with Gasteiger partial charge in [0.25, 0.3) is 0 Å². The Hall–Kier alpha value is -0.120. The van der Waals surface area contributed by atoms with Crippen molar-refractivity contribution in [3.05, 3.63) is 0 Å². The number of hydrogen-bond acceptors (Lipinski definition) is 3. The number of aliphatic hydroxyl groups is 1. The van der Waals surface area contributed by atoms with Crippen LogP contribution >= 0.6 is 0 Å². The van der Waals surface area contributed by atoms with Gasteiger partial charge in [-0.05, 0) is 40.0 Å². The van der Waals surface area contributed by atoms with Gasteiger partial charge in [-0.1, -0.05) is 13.3 Å². The van der Waals surface area contributed by atoms with Gasteiger partial charge in [0.1, 0.15) is 0 Å². The van der Waals surface area contributed by atoms with Gasteiger partial charge in [0, 0.05) is 19.2 Å². The highest BCUT2D eigenvalue weighted by Crippen LogP contribution is 2.24. The van der Waals surface area contributed by atoms with Crippen molar-refractivity contribution in [1.29, 1.82) is 0 Å². The highest BCUT2D eigenvalue weighted by atomic mass is 16.5. The summed E-state index contributed by atoms with van der Waals surface area (Å²) >= 11 is 0. The van der Waals surface area contributed by atoms with Crippen LogP contribution in [0, 0.1) is 0 Å². The van der Waals surface area contributed by atoms with Crippen LogP contribution in [0.4, 0.5) is 0 Å². The summed E-state index contributed by atoms with van der Waals surface area (Å²) in [5, 5.41) is 13.6. The maximum atomic E-state index is 10.1. The van der Waals surface area contributed by atoms with Gasteiger partial charge in [-0.15, -0.1) is 0 Å². The summed E-state index contributed by atoms with van der Waals surface area (Å²) < 4.78 is 5.67. The van der Waals surface area contributed by atoms with Gasteiger partial charge in [-0.25, -0.2) is 0 Å². The Kier molecular flexibility index (Phi) is 4.77. The van der Waals surface area contributed by atoms with Crippen molar-refractivity contribution in [3.8, 4) is 0 Å². The Morgan fingerprint density at radius 2 is 2.19 bits per heavy atom. The zero-order valence-electron chi connectivity index (χ0n) is 11.2. The minimum absolute atomic E-state index is 0.0213. The van der Waals surface area contributed by atoms with Crippen LogP contribution in [0.2, 0.25) is 0 Å². The summed E-state index contributed by atoms with van der Waals surface area (Å²) in [5.41, 5.74) is -0.594. The van der Waals surface area contributed by atoms with E-state index in [0.29, 0.717) is 12.6 Å². The number of nitrogens with one attached hydrogen (secondary N) is 1. The lowest BCUT2D eigenvalue weighted by molar-refractivity contribution is -0.0659. The molecule has 0 aromatic heterocycles. The van der Waals surface area contributed by atoms with Crippen molar-refractivity contribution in [2.24, 2.45) is 0 Å². The standard InChI is InChI=1S/C13H27NO2/c1-5-7-13(4,15)10-14-11-6-8-16-12(2,3)9-11/h11,14-15H,5-10H2,1-4H3. The van der Waals surface area contributed by atoms with Crippen LogP contribution in [0.25, 0.3) is 0 Å². The van der Waals surface area contributed by atoms with E-state index < -0.39 is 5.60 Å². The lowest BCUT2D eigenvalue weighted by Crippen LogP contribution is -2.48. The topological polar surface area (TPSA) is 41.5 Å². The van der Waals surface area contributed by atoms with Gasteiger partial charge in [0.05, 0.1) is 11.2 Å². The third-order valence-electron chi connectivity index (χ3n) is 3.26. The summed E-state index contributed by atoms with van der Waals surface area (Å²) in [6.45, 7) is 9.78. The fraction of sp³-hybridized carbons (Fsp3) is 1.00. The molecular formula is C13H27NO2. The quantitative estimate of drug-likeness (QED) is 0.758. The van der Waals surface area contributed by atoms with Crippen molar-refractivity contribution in [2.75, 3.05) is 13.2 Å². The molecule has 2 unspecified atom stereocenters. The molecule has 1 fully saturated rings. The van der Waals surface area contributed by atoms with Crippen LogP contribution < -0.4 is 5.32 Å². The van der Waals surface area contributed by atoms with Gasteiger partial charge >= 0.3 is 0 Å². The van der Waals surface area contributed by atoms with Gasteiger partial charge < -0.3 is 15.2 Å². The molecular weight excluding hydrogens is 202 g/mol. The highest BCUT2D eigenvalue weighted by Gasteiger charge is 2.30. The van der Waals surface area contributed by atoms with E-state index in [2.05, 4.69) is 26.1 Å². The Morgan fingerprint density at radius 3 is 2.75 bits per heavy atom. The molecule has 1 heterocycles. The van der Waals surface area contributed by atoms with Crippen molar-refractivity contribution in [1.82, 2.24) is 5.32 Å². The van der Waals surface area contributed by atoms with Gasteiger partial charge in [0.2, 0.25) is 0 Å². The van der Waals surface area contributed by atoms with E-state index >= 15 is 0 Å². The first kappa shape index (κ1) is 13.9. The predicted molar refractivity (Wildman–Crippen MR) is 66.6 cm³/mol. The Labute approximate surface area is 99.6 Å². The van der Waals surface area contributed by atoms with Crippen LogP contribution in [0.15, 0.2) is 0 Å². The summed E-state index contributed by atoms with van der Waals surface area (Å²) in [6, 6.07) is 0.479. The molecule has 1 saturated heterocycles. The molecule has 0 spiro atoms. The molecule has 0 radical (unpaired) electrons. The van der Waals surface area contributed by atoms with Crippen LogP contribution in [0.5, 0.6) is 0 Å². The van der Waals surface area contributed by atoms with E-state index in [1.807, 2.05) is 6.92 Å². The summed E-state index contributed by atoms with van der Waals surface area (Å²) in [4.78, 5) is 0. The molecule has 1 rings (SSSR count). The lowest BCUT2D eigenvalue weighted by atomic mass is 9.93. The maximum Gasteiger partial charge on any atom is 0.0743 e. The van der Waals surface area contributed by atoms with Crippen LogP contribution in [0.3, 0.4) is 0 Å². The number of rotatable bonds is 5. The number of ether oxygens (including phenoxy) is 1. The first-order valence-electron chi connectivity index (χ1n) is 6.44. The second-order valence-electron chi connectivity index (χ2n) is 5.93. The minimum atomic E-state index is -0.572. The van der Waals surface area contributed by atoms with E-state index in [1.54, 1.807) is 0 Å². The van der Waals surface area contributed by atoms with Gasteiger partial charge in [-0.2, -0.15) is 0 Å². The van der Waals surface area contributed by atoms with Crippen molar-refractivity contribution in [3.63, 3.8) is 0 Å². The molecule has 16 heavy (non-hydrogen) atoms. The number of hydrogen-bond donors (Lipinski definition) is 2. The minimum Gasteiger partial charge on any atom is -0.389 e. The molecule has 0 aromatic rings. The molecule has 2 N–H and O–H groups in total. The second kappa shape index (κ2) is 5.48. The normalized spacial score (nSPS) is 28.7. The third kappa shape index (κ3) is 4.81. The summed E-state index contributed by atoms with van der Waals surface area (Å²) in [7, 11) is 0. The fourth-order valence-corrected chi connectivity index (χ4v) is 2.40. The van der Waals surface area contributed by atoms with E-state index in [4.69, 9.17) is 4.74 Å². The monoisotopic (exact) mass is 229 g/mol. The average Bonchev–Trinajstić information content (AvgIpc) is 2.13. The predicted octanol–water partition coefficient (Wildman–Crippen LogP) is 2.08. The molecule has 0 bridgehead atoms. The molecule has 0 saturated carbocycles. The molecule has 0 aliphatic carbocycles. The Balaban J connectivity index is 2.32. The molecule has 0 amide bonds. The second-order valence-corrected chi connectivity index (χ2v) is 5.93. The molecule has 0 aromatic carbocycles. The largest absolute Gasteiger partial charge is 0.389 e. The molecule has 3 heteroatoms. The fourth-order valence-electron chi connectivity index (χ4n) is 2.40. The van der Waals surface area contributed by atoms with Crippen molar-refractivity contribution in [2.45, 2.75) is 70.6 Å². The smallest absolute Gasteiger partial charge is 0.0743 e. The third-order valence-corrected chi connectivity index (χ3v) is 3.26. The lowest BCUT2D eigenvalue weighted by Gasteiger charge is -2.37. The van der Waals surface area contributed by atoms with E-state index in [0.717, 1.165) is 32.3 Å². The van der Waals surface area contributed by atoms with E-state index in [-0.39, 0.29) is 5.60 Å². The van der Waals surface area contributed by atoms with Crippen molar-refractivity contribution >= 4 is 0 Å². The highest BCUT2D eigenvalue weighted by molar-refractivity contribution is 4.85. The van der Waals surface area contributed by atoms with Crippen LogP contribution in [0.1, 0.15) is 53.4 Å². The zero-order chi connectivity index (χ0) is 12.2. The molecule has 2 atom stereocenters. The SMILES string of the molecule is CCCC(C)(O)CNC1CCOC(C)(C)C1.